The van der Waals surface area contributed by atoms with E-state index in [-0.39, 0.29) is 11.5 Å². The van der Waals surface area contributed by atoms with Crippen LogP contribution in [-0.4, -0.2) is 22.5 Å². The molecule has 0 spiro atoms. The standard InChI is InChI=1S/C20H26O4/c1-11-9-12-10-13(21)3-4-14(12)15-7-8-20(2)16(18(11)15)5-6-17(20)24-19(22)23/h3-4,10-11,15-18,21H,5-9H2,1-2H3,(H,22,23)/t11-,15?,16?,17-,18?,20-/m0/s1. The van der Waals surface area contributed by atoms with Crippen LogP contribution in [0, 0.1) is 23.2 Å². The maximum absolute atomic E-state index is 11.1. The minimum atomic E-state index is -1.14. The Balaban J connectivity index is 1.68. The van der Waals surface area contributed by atoms with Crippen LogP contribution >= 0.6 is 0 Å². The summed E-state index contributed by atoms with van der Waals surface area (Å²) in [6, 6.07) is 5.85. The Morgan fingerprint density at radius 1 is 1.29 bits per heavy atom. The first-order valence-corrected chi connectivity index (χ1v) is 9.11. The summed E-state index contributed by atoms with van der Waals surface area (Å²) in [5.74, 6) is 2.56. The number of hydrogen-bond donors (Lipinski definition) is 2. The fourth-order valence-corrected chi connectivity index (χ4v) is 6.23. The minimum Gasteiger partial charge on any atom is -0.508 e. The summed E-state index contributed by atoms with van der Waals surface area (Å²) in [6.45, 7) is 4.56. The lowest BCUT2D eigenvalue weighted by molar-refractivity contribution is -0.0542. The smallest absolute Gasteiger partial charge is 0.506 e. The number of aromatic hydroxyl groups is 1. The van der Waals surface area contributed by atoms with Crippen LogP contribution < -0.4 is 0 Å². The van der Waals surface area contributed by atoms with Crippen LogP contribution in [0.1, 0.15) is 56.6 Å². The van der Waals surface area contributed by atoms with E-state index in [9.17, 15) is 9.90 Å². The molecule has 0 radical (unpaired) electrons. The van der Waals surface area contributed by atoms with Crippen molar-refractivity contribution in [1.82, 2.24) is 0 Å². The van der Waals surface area contributed by atoms with Crippen LogP contribution in [0.2, 0.25) is 0 Å². The highest BCUT2D eigenvalue weighted by Crippen LogP contribution is 2.62. The van der Waals surface area contributed by atoms with Crippen LogP contribution in [0.5, 0.6) is 5.75 Å². The molecule has 0 aromatic heterocycles. The van der Waals surface area contributed by atoms with E-state index >= 15 is 0 Å². The Kier molecular flexibility index (Phi) is 3.55. The zero-order chi connectivity index (χ0) is 17.1. The average molecular weight is 330 g/mol. The molecule has 0 saturated heterocycles. The molecule has 4 rings (SSSR count). The van der Waals surface area contributed by atoms with Crippen molar-refractivity contribution in [3.8, 4) is 5.75 Å². The highest BCUT2D eigenvalue weighted by molar-refractivity contribution is 5.57. The van der Waals surface area contributed by atoms with Gasteiger partial charge in [0, 0.05) is 5.41 Å². The Morgan fingerprint density at radius 2 is 2.08 bits per heavy atom. The van der Waals surface area contributed by atoms with E-state index in [0.717, 1.165) is 32.1 Å². The number of carbonyl (C=O) groups is 1. The third kappa shape index (κ3) is 2.22. The number of carboxylic acid groups (broad SMARTS) is 1. The quantitative estimate of drug-likeness (QED) is 0.741. The molecule has 3 aliphatic rings. The lowest BCUT2D eigenvalue weighted by Crippen LogP contribution is -2.47. The molecular formula is C20H26O4. The third-order valence-electron chi connectivity index (χ3n) is 7.21. The van der Waals surface area contributed by atoms with Crippen molar-refractivity contribution in [3.05, 3.63) is 29.3 Å². The fourth-order valence-electron chi connectivity index (χ4n) is 6.23. The highest BCUT2D eigenvalue weighted by Gasteiger charge is 2.57. The molecule has 1 aromatic rings. The van der Waals surface area contributed by atoms with Gasteiger partial charge in [0.15, 0.2) is 0 Å². The van der Waals surface area contributed by atoms with Gasteiger partial charge < -0.3 is 14.9 Å². The molecule has 1 aromatic carbocycles. The van der Waals surface area contributed by atoms with Crippen LogP contribution in [0.4, 0.5) is 4.79 Å². The van der Waals surface area contributed by atoms with E-state index in [0.29, 0.717) is 29.4 Å². The van der Waals surface area contributed by atoms with Gasteiger partial charge in [0.05, 0.1) is 0 Å². The first kappa shape index (κ1) is 15.8. The predicted octanol–water partition coefficient (Wildman–Crippen LogP) is 4.56. The van der Waals surface area contributed by atoms with E-state index in [1.807, 2.05) is 12.1 Å². The van der Waals surface area contributed by atoms with Crippen molar-refractivity contribution in [3.63, 3.8) is 0 Å². The van der Waals surface area contributed by atoms with Crippen molar-refractivity contribution in [2.45, 2.75) is 58.0 Å². The summed E-state index contributed by atoms with van der Waals surface area (Å²) >= 11 is 0. The number of ether oxygens (including phenoxy) is 1. The molecule has 0 heterocycles. The second-order valence-corrected chi connectivity index (χ2v) is 8.35. The van der Waals surface area contributed by atoms with Crippen LogP contribution in [0.3, 0.4) is 0 Å². The van der Waals surface area contributed by atoms with Gasteiger partial charge in [-0.15, -0.1) is 0 Å². The minimum absolute atomic E-state index is 0.0256. The number of rotatable bonds is 1. The maximum Gasteiger partial charge on any atom is 0.506 e. The number of phenolic OH excluding ortho intramolecular Hbond substituents is 1. The molecule has 0 bridgehead atoms. The van der Waals surface area contributed by atoms with Gasteiger partial charge in [-0.05, 0) is 79.0 Å². The first-order valence-electron chi connectivity index (χ1n) is 9.11. The fraction of sp³-hybridized carbons (Fsp3) is 0.650. The van der Waals surface area contributed by atoms with Gasteiger partial charge in [-0.25, -0.2) is 4.79 Å². The maximum atomic E-state index is 11.1. The summed E-state index contributed by atoms with van der Waals surface area (Å²) in [6.07, 6.45) is 3.72. The lowest BCUT2D eigenvalue weighted by atomic mass is 9.53. The monoisotopic (exact) mass is 330 g/mol. The van der Waals surface area contributed by atoms with Crippen molar-refractivity contribution < 1.29 is 19.7 Å². The zero-order valence-corrected chi connectivity index (χ0v) is 14.4. The van der Waals surface area contributed by atoms with Gasteiger partial charge in [-0.2, -0.15) is 0 Å². The largest absolute Gasteiger partial charge is 0.508 e. The number of hydrogen-bond acceptors (Lipinski definition) is 3. The molecule has 0 amide bonds. The van der Waals surface area contributed by atoms with E-state index in [4.69, 9.17) is 9.84 Å². The number of fused-ring (bicyclic) bond motifs is 5. The van der Waals surface area contributed by atoms with E-state index in [1.54, 1.807) is 0 Å². The molecule has 2 saturated carbocycles. The second-order valence-electron chi connectivity index (χ2n) is 8.35. The van der Waals surface area contributed by atoms with Crippen LogP contribution in [0.25, 0.3) is 0 Å². The SMILES string of the molecule is C[C@H]1Cc2cc(O)ccc2C2CC[C@@]3(C)C(CC[C@@H]3OC(=O)O)C21. The summed E-state index contributed by atoms with van der Waals surface area (Å²) < 4.78 is 5.27. The average Bonchev–Trinajstić information content (AvgIpc) is 2.83. The molecule has 2 fully saturated rings. The number of benzene rings is 1. The molecular weight excluding hydrogens is 304 g/mol. The lowest BCUT2D eigenvalue weighted by Gasteiger charge is -2.52. The van der Waals surface area contributed by atoms with E-state index < -0.39 is 6.16 Å². The van der Waals surface area contributed by atoms with Gasteiger partial charge in [0.25, 0.3) is 0 Å². The van der Waals surface area contributed by atoms with Crippen molar-refractivity contribution in [1.29, 1.82) is 0 Å². The molecule has 4 heteroatoms. The van der Waals surface area contributed by atoms with Crippen molar-refractivity contribution >= 4 is 6.16 Å². The summed E-state index contributed by atoms with van der Waals surface area (Å²) in [7, 11) is 0. The third-order valence-corrected chi connectivity index (χ3v) is 7.21. The van der Waals surface area contributed by atoms with Gasteiger partial charge in [0.2, 0.25) is 0 Å². The normalized spacial score (nSPS) is 40.3. The second kappa shape index (κ2) is 5.40. The Hall–Kier alpha value is -1.71. The number of phenols is 1. The van der Waals surface area contributed by atoms with Gasteiger partial charge in [-0.3, -0.25) is 0 Å². The summed E-state index contributed by atoms with van der Waals surface area (Å²) in [5, 5.41) is 18.9. The van der Waals surface area contributed by atoms with Gasteiger partial charge in [0.1, 0.15) is 11.9 Å². The van der Waals surface area contributed by atoms with E-state index in [2.05, 4.69) is 19.9 Å². The van der Waals surface area contributed by atoms with Gasteiger partial charge in [-0.1, -0.05) is 19.9 Å². The van der Waals surface area contributed by atoms with Crippen molar-refractivity contribution in [2.75, 3.05) is 0 Å². The first-order chi connectivity index (χ1) is 11.4. The molecule has 24 heavy (non-hydrogen) atoms. The Morgan fingerprint density at radius 3 is 2.83 bits per heavy atom. The van der Waals surface area contributed by atoms with E-state index in [1.165, 1.54) is 11.1 Å². The topological polar surface area (TPSA) is 66.8 Å². The Labute approximate surface area is 142 Å². The molecule has 3 unspecified atom stereocenters. The highest BCUT2D eigenvalue weighted by atomic mass is 16.7. The molecule has 3 aliphatic carbocycles. The zero-order valence-electron chi connectivity index (χ0n) is 14.4. The molecule has 2 N–H and O–H groups in total. The molecule has 4 nitrogen and oxygen atoms in total. The molecule has 130 valence electrons. The summed E-state index contributed by atoms with van der Waals surface area (Å²) in [5.41, 5.74) is 2.67. The van der Waals surface area contributed by atoms with Gasteiger partial charge >= 0.3 is 6.16 Å². The Bertz CT molecular complexity index is 670. The molecule has 0 aliphatic heterocycles. The predicted molar refractivity (Wildman–Crippen MR) is 90.2 cm³/mol. The van der Waals surface area contributed by atoms with Crippen LogP contribution in [0.15, 0.2) is 18.2 Å². The van der Waals surface area contributed by atoms with Crippen molar-refractivity contribution in [2.24, 2.45) is 23.2 Å². The van der Waals surface area contributed by atoms with Crippen LogP contribution in [-0.2, 0) is 11.2 Å². The molecule has 6 atom stereocenters. The summed E-state index contributed by atoms with van der Waals surface area (Å²) in [4.78, 5) is 11.1.